The van der Waals surface area contributed by atoms with Gasteiger partial charge in [0.25, 0.3) is 0 Å². The molecule has 2 heterocycles. The van der Waals surface area contributed by atoms with E-state index in [4.69, 9.17) is 9.47 Å². The van der Waals surface area contributed by atoms with E-state index in [-0.39, 0.29) is 10.4 Å². The maximum Gasteiger partial charge on any atom is 0.410 e. The molecule has 1 saturated heterocycles. The zero-order chi connectivity index (χ0) is 18.0. The first-order chi connectivity index (χ1) is 11.1. The van der Waals surface area contributed by atoms with Gasteiger partial charge in [0.2, 0.25) is 0 Å². The molecule has 2 rings (SSSR count). The molecule has 0 aliphatic carbocycles. The van der Waals surface area contributed by atoms with Crippen molar-refractivity contribution in [1.29, 1.82) is 0 Å². The van der Waals surface area contributed by atoms with Crippen molar-refractivity contribution in [3.05, 3.63) is 16.1 Å². The predicted molar refractivity (Wildman–Crippen MR) is 95.7 cm³/mol. The number of thiazole rings is 1. The minimum atomic E-state index is -0.496. The van der Waals surface area contributed by atoms with E-state index in [1.807, 2.05) is 20.8 Å². The van der Waals surface area contributed by atoms with Crippen molar-refractivity contribution >= 4 is 39.3 Å². The third-order valence-electron chi connectivity index (χ3n) is 3.58. The van der Waals surface area contributed by atoms with Gasteiger partial charge in [0.15, 0.2) is 5.69 Å². The average Bonchev–Trinajstić information content (AvgIpc) is 2.97. The molecule has 0 radical (unpaired) electrons. The van der Waals surface area contributed by atoms with Crippen molar-refractivity contribution < 1.29 is 19.1 Å². The lowest BCUT2D eigenvalue weighted by Crippen LogP contribution is -2.44. The van der Waals surface area contributed by atoms with Gasteiger partial charge in [0.1, 0.15) is 10.6 Å². The number of halogens is 1. The third-order valence-corrected chi connectivity index (χ3v) is 6.06. The summed E-state index contributed by atoms with van der Waals surface area (Å²) in [4.78, 5) is 30.0. The molecule has 1 aliphatic rings. The van der Waals surface area contributed by atoms with Crippen LogP contribution < -0.4 is 0 Å². The van der Waals surface area contributed by atoms with Gasteiger partial charge in [-0.3, -0.25) is 0 Å². The Morgan fingerprint density at radius 2 is 2.00 bits per heavy atom. The summed E-state index contributed by atoms with van der Waals surface area (Å²) in [7, 11) is 0. The second-order valence-electron chi connectivity index (χ2n) is 6.69. The highest BCUT2D eigenvalue weighted by Gasteiger charge is 2.39. The van der Waals surface area contributed by atoms with E-state index >= 15 is 0 Å². The van der Waals surface area contributed by atoms with Gasteiger partial charge in [-0.25, -0.2) is 14.6 Å². The van der Waals surface area contributed by atoms with Crippen LogP contribution in [-0.2, 0) is 13.8 Å². The van der Waals surface area contributed by atoms with Crippen LogP contribution in [0.25, 0.3) is 0 Å². The molecule has 1 aromatic rings. The Bertz CT molecular complexity index is 603. The molecule has 8 heteroatoms. The zero-order valence-electron chi connectivity index (χ0n) is 14.4. The lowest BCUT2D eigenvalue weighted by atomic mass is 9.97. The minimum absolute atomic E-state index is 0.289. The molecule has 134 valence electrons. The summed E-state index contributed by atoms with van der Waals surface area (Å²) in [6, 6.07) is 0. The van der Waals surface area contributed by atoms with E-state index in [0.29, 0.717) is 38.2 Å². The second kappa shape index (κ2) is 7.39. The topological polar surface area (TPSA) is 68.7 Å². The smallest absolute Gasteiger partial charge is 0.410 e. The first kappa shape index (κ1) is 19.2. The quantitative estimate of drug-likeness (QED) is 0.548. The van der Waals surface area contributed by atoms with Crippen LogP contribution >= 0.6 is 27.3 Å². The molecule has 0 spiro atoms. The molecule has 1 aromatic heterocycles. The number of hydrogen-bond donors (Lipinski definition) is 0. The molecule has 0 N–H and O–H groups in total. The summed E-state index contributed by atoms with van der Waals surface area (Å²) in [5, 5.41) is 2.56. The first-order valence-electron chi connectivity index (χ1n) is 7.94. The molecular formula is C16H23BrN2O4S. The summed E-state index contributed by atoms with van der Waals surface area (Å²) in [5.74, 6) is -0.401. The SMILES string of the molecule is CCOC(=O)c1csc(C2(Br)CCN(C(=O)OC(C)(C)C)CC2)n1. The van der Waals surface area contributed by atoms with Gasteiger partial charge in [-0.1, -0.05) is 15.9 Å². The Hall–Kier alpha value is -1.15. The van der Waals surface area contributed by atoms with Crippen molar-refractivity contribution in [2.75, 3.05) is 19.7 Å². The minimum Gasteiger partial charge on any atom is -0.461 e. The Morgan fingerprint density at radius 3 is 2.54 bits per heavy atom. The van der Waals surface area contributed by atoms with Crippen LogP contribution in [-0.4, -0.2) is 47.2 Å². The molecule has 0 saturated carbocycles. The lowest BCUT2D eigenvalue weighted by molar-refractivity contribution is 0.0197. The molecule has 1 aliphatic heterocycles. The monoisotopic (exact) mass is 418 g/mol. The number of carbonyl (C=O) groups is 2. The number of carbonyl (C=O) groups excluding carboxylic acids is 2. The third kappa shape index (κ3) is 4.69. The fourth-order valence-corrected chi connectivity index (χ4v) is 4.02. The average molecular weight is 419 g/mol. The van der Waals surface area contributed by atoms with Gasteiger partial charge in [-0.05, 0) is 40.5 Å². The van der Waals surface area contributed by atoms with Gasteiger partial charge < -0.3 is 14.4 Å². The first-order valence-corrected chi connectivity index (χ1v) is 9.62. The van der Waals surface area contributed by atoms with Crippen molar-refractivity contribution in [2.45, 2.75) is 50.5 Å². The summed E-state index contributed by atoms with van der Waals surface area (Å²) in [6.45, 7) is 8.82. The van der Waals surface area contributed by atoms with Crippen molar-refractivity contribution in [3.8, 4) is 0 Å². The van der Waals surface area contributed by atoms with Crippen LogP contribution in [0.2, 0.25) is 0 Å². The van der Waals surface area contributed by atoms with E-state index in [1.165, 1.54) is 11.3 Å². The molecule has 24 heavy (non-hydrogen) atoms. The second-order valence-corrected chi connectivity index (χ2v) is 9.07. The Labute approximate surface area is 154 Å². The van der Waals surface area contributed by atoms with Gasteiger partial charge in [0, 0.05) is 18.5 Å². The molecule has 0 aromatic carbocycles. The highest BCUT2D eigenvalue weighted by Crippen LogP contribution is 2.42. The van der Waals surface area contributed by atoms with E-state index in [2.05, 4.69) is 20.9 Å². The summed E-state index contributed by atoms with van der Waals surface area (Å²) in [5.41, 5.74) is -0.158. The fourth-order valence-electron chi connectivity index (χ4n) is 2.36. The molecule has 1 fully saturated rings. The lowest BCUT2D eigenvalue weighted by Gasteiger charge is -2.37. The number of esters is 1. The van der Waals surface area contributed by atoms with Crippen LogP contribution in [0.15, 0.2) is 5.38 Å². The van der Waals surface area contributed by atoms with E-state index in [9.17, 15) is 9.59 Å². The molecule has 0 bridgehead atoms. The van der Waals surface area contributed by atoms with Gasteiger partial charge in [0.05, 0.1) is 10.9 Å². The molecule has 1 amide bonds. The van der Waals surface area contributed by atoms with Gasteiger partial charge >= 0.3 is 12.1 Å². The van der Waals surface area contributed by atoms with Crippen LogP contribution in [0, 0.1) is 0 Å². The summed E-state index contributed by atoms with van der Waals surface area (Å²) < 4.78 is 10.1. The van der Waals surface area contributed by atoms with E-state index in [1.54, 1.807) is 17.2 Å². The van der Waals surface area contributed by atoms with Crippen LogP contribution in [0.3, 0.4) is 0 Å². The summed E-state index contributed by atoms with van der Waals surface area (Å²) >= 11 is 5.20. The largest absolute Gasteiger partial charge is 0.461 e. The van der Waals surface area contributed by atoms with Crippen LogP contribution in [0.4, 0.5) is 4.79 Å². The molecule has 6 nitrogen and oxygen atoms in total. The number of alkyl halides is 1. The number of nitrogens with zero attached hydrogens (tertiary/aromatic N) is 2. The predicted octanol–water partition coefficient (Wildman–Crippen LogP) is 3.94. The van der Waals surface area contributed by atoms with Crippen molar-refractivity contribution in [3.63, 3.8) is 0 Å². The summed E-state index contributed by atoms with van der Waals surface area (Å²) in [6.07, 6.45) is 1.13. The number of rotatable bonds is 3. The number of aromatic nitrogens is 1. The van der Waals surface area contributed by atoms with Gasteiger partial charge in [-0.15, -0.1) is 11.3 Å². The Morgan fingerprint density at radius 1 is 1.38 bits per heavy atom. The zero-order valence-corrected chi connectivity index (χ0v) is 16.8. The van der Waals surface area contributed by atoms with Crippen LogP contribution in [0.1, 0.15) is 56.0 Å². The number of piperidine rings is 1. The molecule has 0 atom stereocenters. The van der Waals surface area contributed by atoms with E-state index in [0.717, 1.165) is 5.01 Å². The van der Waals surface area contributed by atoms with Crippen molar-refractivity contribution in [1.82, 2.24) is 9.88 Å². The number of likely N-dealkylation sites (tertiary alicyclic amines) is 1. The number of hydrogen-bond acceptors (Lipinski definition) is 6. The van der Waals surface area contributed by atoms with Gasteiger partial charge in [-0.2, -0.15) is 0 Å². The Kier molecular flexibility index (Phi) is 5.91. The Balaban J connectivity index is 1.99. The normalized spacial score (nSPS) is 17.5. The number of ether oxygens (including phenoxy) is 2. The maximum atomic E-state index is 12.1. The van der Waals surface area contributed by atoms with E-state index < -0.39 is 11.6 Å². The maximum absolute atomic E-state index is 12.1. The van der Waals surface area contributed by atoms with Crippen molar-refractivity contribution in [2.24, 2.45) is 0 Å². The molecular weight excluding hydrogens is 396 g/mol. The van der Waals surface area contributed by atoms with Crippen LogP contribution in [0.5, 0.6) is 0 Å². The fraction of sp³-hybridized carbons (Fsp3) is 0.688. The number of amides is 1. The standard InChI is InChI=1S/C16H23BrN2O4S/c1-5-22-12(20)11-10-24-13(18-11)16(17)6-8-19(9-7-16)14(21)23-15(2,3)4/h10H,5-9H2,1-4H3. The highest BCUT2D eigenvalue weighted by atomic mass is 79.9. The molecule has 0 unspecified atom stereocenters. The highest BCUT2D eigenvalue weighted by molar-refractivity contribution is 9.09.